The number of nitrogens with zero attached hydrogens (tertiary/aromatic N) is 1. The smallest absolute Gasteiger partial charge is 0.331 e. The highest BCUT2D eigenvalue weighted by atomic mass is 35.5. The highest BCUT2D eigenvalue weighted by molar-refractivity contribution is 7.91. The number of carbonyl (C=O) groups excluding carboxylic acids is 2. The Morgan fingerprint density at radius 2 is 2.08 bits per heavy atom. The van der Waals surface area contributed by atoms with E-state index in [0.29, 0.717) is 17.0 Å². The number of likely N-dealkylation sites (N-methyl/N-ethyl adjacent to an activating group) is 1. The summed E-state index contributed by atoms with van der Waals surface area (Å²) >= 11 is 5.96. The zero-order chi connectivity index (χ0) is 17.7. The molecule has 2 rings (SSSR count). The van der Waals surface area contributed by atoms with Gasteiger partial charge in [0.1, 0.15) is 0 Å². The zero-order valence-corrected chi connectivity index (χ0v) is 14.7. The Morgan fingerprint density at radius 3 is 2.71 bits per heavy atom. The van der Waals surface area contributed by atoms with Crippen LogP contribution in [0.2, 0.25) is 5.02 Å². The van der Waals surface area contributed by atoms with Crippen LogP contribution >= 0.6 is 11.6 Å². The second kappa shape index (κ2) is 7.81. The van der Waals surface area contributed by atoms with Crippen molar-refractivity contribution in [2.75, 3.05) is 25.2 Å². The topological polar surface area (TPSA) is 80.8 Å². The van der Waals surface area contributed by atoms with Gasteiger partial charge in [0.2, 0.25) is 0 Å². The van der Waals surface area contributed by atoms with E-state index in [1.54, 1.807) is 24.3 Å². The van der Waals surface area contributed by atoms with Crippen molar-refractivity contribution in [2.24, 2.45) is 0 Å². The Labute approximate surface area is 146 Å². The highest BCUT2D eigenvalue weighted by Crippen LogP contribution is 2.17. The van der Waals surface area contributed by atoms with Crippen molar-refractivity contribution in [1.82, 2.24) is 4.90 Å². The lowest BCUT2D eigenvalue weighted by Gasteiger charge is -2.22. The van der Waals surface area contributed by atoms with Crippen LogP contribution in [0.15, 0.2) is 30.3 Å². The summed E-state index contributed by atoms with van der Waals surface area (Å²) < 4.78 is 27.8. The molecule has 1 aliphatic heterocycles. The average Bonchev–Trinajstić information content (AvgIpc) is 2.91. The van der Waals surface area contributed by atoms with Gasteiger partial charge in [0.15, 0.2) is 16.4 Å². The summed E-state index contributed by atoms with van der Waals surface area (Å²) in [6.07, 6.45) is 3.10. The molecule has 1 atom stereocenters. The third-order valence-corrected chi connectivity index (χ3v) is 5.89. The molecule has 0 bridgehead atoms. The monoisotopic (exact) mass is 371 g/mol. The number of carbonyl (C=O) groups is 2. The molecule has 0 aliphatic carbocycles. The summed E-state index contributed by atoms with van der Waals surface area (Å²) in [7, 11) is -1.56. The zero-order valence-electron chi connectivity index (χ0n) is 13.1. The number of halogens is 1. The quantitative estimate of drug-likeness (QED) is 0.579. The van der Waals surface area contributed by atoms with Gasteiger partial charge in [-0.15, -0.1) is 0 Å². The van der Waals surface area contributed by atoms with E-state index >= 15 is 0 Å². The van der Waals surface area contributed by atoms with E-state index in [0.717, 1.165) is 0 Å². The standard InChI is InChI=1S/C16H18ClNO5S/c1-18(13-8-9-24(21,22)11-13)15(19)10-23-16(20)7-6-12-4-2-3-5-14(12)17/h2-7,13H,8-11H2,1H3/b7-6+/t13-/m1/s1. The molecule has 1 aliphatic rings. The minimum Gasteiger partial charge on any atom is -0.452 e. The summed E-state index contributed by atoms with van der Waals surface area (Å²) in [5.74, 6) is -1.07. The van der Waals surface area contributed by atoms with Gasteiger partial charge in [-0.25, -0.2) is 13.2 Å². The first-order valence-corrected chi connectivity index (χ1v) is 9.54. The lowest BCUT2D eigenvalue weighted by atomic mass is 10.2. The Bertz CT molecular complexity index is 759. The number of hydrogen-bond donors (Lipinski definition) is 0. The second-order valence-corrected chi connectivity index (χ2v) is 8.16. The summed E-state index contributed by atoms with van der Waals surface area (Å²) in [6, 6.07) is 6.63. The van der Waals surface area contributed by atoms with Crippen LogP contribution in [0.5, 0.6) is 0 Å². The third-order valence-electron chi connectivity index (χ3n) is 3.79. The van der Waals surface area contributed by atoms with Crippen molar-refractivity contribution in [1.29, 1.82) is 0 Å². The van der Waals surface area contributed by atoms with E-state index in [1.807, 2.05) is 0 Å². The van der Waals surface area contributed by atoms with Gasteiger partial charge in [-0.1, -0.05) is 29.8 Å². The molecule has 1 amide bonds. The maximum absolute atomic E-state index is 12.0. The van der Waals surface area contributed by atoms with Crippen LogP contribution in [-0.4, -0.2) is 56.4 Å². The molecular weight excluding hydrogens is 354 g/mol. The van der Waals surface area contributed by atoms with Gasteiger partial charge in [-0.2, -0.15) is 0 Å². The molecule has 1 aromatic rings. The molecule has 0 unspecified atom stereocenters. The number of hydrogen-bond acceptors (Lipinski definition) is 5. The first-order chi connectivity index (χ1) is 11.3. The summed E-state index contributed by atoms with van der Waals surface area (Å²) in [6.45, 7) is -0.432. The molecule has 0 radical (unpaired) electrons. The number of sulfone groups is 1. The Morgan fingerprint density at radius 1 is 1.38 bits per heavy atom. The van der Waals surface area contributed by atoms with E-state index in [1.165, 1.54) is 24.1 Å². The fourth-order valence-electron chi connectivity index (χ4n) is 2.34. The summed E-state index contributed by atoms with van der Waals surface area (Å²) in [4.78, 5) is 25.0. The van der Waals surface area contributed by atoms with Gasteiger partial charge in [-0.05, 0) is 24.1 Å². The maximum Gasteiger partial charge on any atom is 0.331 e. The molecule has 0 spiro atoms. The van der Waals surface area contributed by atoms with Crippen molar-refractivity contribution in [2.45, 2.75) is 12.5 Å². The van der Waals surface area contributed by atoms with E-state index in [2.05, 4.69) is 0 Å². The predicted molar refractivity (Wildman–Crippen MR) is 91.3 cm³/mol. The SMILES string of the molecule is CN(C(=O)COC(=O)/C=C/c1ccccc1Cl)[C@@H]1CCS(=O)(=O)C1. The van der Waals surface area contributed by atoms with E-state index in [4.69, 9.17) is 16.3 Å². The molecule has 8 heteroatoms. The molecule has 24 heavy (non-hydrogen) atoms. The minimum atomic E-state index is -3.07. The molecule has 1 heterocycles. The van der Waals surface area contributed by atoms with Gasteiger partial charge in [0.25, 0.3) is 5.91 Å². The van der Waals surface area contributed by atoms with E-state index in [9.17, 15) is 18.0 Å². The van der Waals surface area contributed by atoms with Crippen molar-refractivity contribution in [3.05, 3.63) is 40.9 Å². The summed E-state index contributed by atoms with van der Waals surface area (Å²) in [5, 5.41) is 0.500. The molecule has 130 valence electrons. The Kier molecular flexibility index (Phi) is 6.01. The van der Waals surface area contributed by atoms with Gasteiger partial charge >= 0.3 is 5.97 Å². The second-order valence-electron chi connectivity index (χ2n) is 5.52. The lowest BCUT2D eigenvalue weighted by Crippen LogP contribution is -2.40. The third kappa shape index (κ3) is 5.07. The number of amides is 1. The molecule has 6 nitrogen and oxygen atoms in total. The van der Waals surface area contributed by atoms with E-state index < -0.39 is 28.3 Å². The number of ether oxygens (including phenoxy) is 1. The van der Waals surface area contributed by atoms with Crippen LogP contribution in [0.4, 0.5) is 0 Å². The predicted octanol–water partition coefficient (Wildman–Crippen LogP) is 1.54. The fraction of sp³-hybridized carbons (Fsp3) is 0.375. The number of rotatable bonds is 5. The van der Waals surface area contributed by atoms with E-state index in [-0.39, 0.29) is 17.5 Å². The molecule has 0 aromatic heterocycles. The molecule has 0 saturated carbocycles. The first-order valence-electron chi connectivity index (χ1n) is 7.34. The maximum atomic E-state index is 12.0. The molecule has 1 saturated heterocycles. The molecule has 1 aromatic carbocycles. The van der Waals surface area contributed by atoms with Gasteiger partial charge in [0.05, 0.1) is 11.5 Å². The average molecular weight is 372 g/mol. The molecule has 1 fully saturated rings. The first kappa shape index (κ1) is 18.5. The normalized spacial score (nSPS) is 19.3. The highest BCUT2D eigenvalue weighted by Gasteiger charge is 2.32. The largest absolute Gasteiger partial charge is 0.452 e. The van der Waals surface area contributed by atoms with Crippen LogP contribution < -0.4 is 0 Å². The Hall–Kier alpha value is -1.86. The van der Waals surface area contributed by atoms with Crippen LogP contribution in [0.1, 0.15) is 12.0 Å². The van der Waals surface area contributed by atoms with Crippen LogP contribution in [-0.2, 0) is 24.2 Å². The fourth-order valence-corrected chi connectivity index (χ4v) is 4.31. The number of esters is 1. The van der Waals surface area contributed by atoms with Gasteiger partial charge < -0.3 is 9.64 Å². The van der Waals surface area contributed by atoms with Gasteiger partial charge in [-0.3, -0.25) is 4.79 Å². The van der Waals surface area contributed by atoms with Crippen LogP contribution in [0.3, 0.4) is 0 Å². The lowest BCUT2D eigenvalue weighted by molar-refractivity contribution is -0.148. The van der Waals surface area contributed by atoms with Crippen molar-refractivity contribution < 1.29 is 22.7 Å². The molecule has 0 N–H and O–H groups in total. The van der Waals surface area contributed by atoms with Crippen molar-refractivity contribution in [3.63, 3.8) is 0 Å². The number of benzene rings is 1. The van der Waals surface area contributed by atoms with Crippen LogP contribution in [0, 0.1) is 0 Å². The Balaban J connectivity index is 1.83. The molecular formula is C16H18ClNO5S. The van der Waals surface area contributed by atoms with Crippen molar-refractivity contribution in [3.8, 4) is 0 Å². The van der Waals surface area contributed by atoms with Crippen LogP contribution in [0.25, 0.3) is 6.08 Å². The summed E-state index contributed by atoms with van der Waals surface area (Å²) in [5.41, 5.74) is 0.663. The minimum absolute atomic E-state index is 0.0460. The van der Waals surface area contributed by atoms with Crippen molar-refractivity contribution >= 4 is 39.4 Å². The van der Waals surface area contributed by atoms with Gasteiger partial charge in [0, 0.05) is 24.2 Å².